The average Bonchev–Trinajstić information content (AvgIpc) is 2.14. The number of ether oxygens (including phenoxy) is 1. The zero-order chi connectivity index (χ0) is 8.65. The SMILES string of the molecule is Cl.OCCOCCN1CCCCC1. The van der Waals surface area contributed by atoms with Crippen LogP contribution in [0, 0.1) is 0 Å². The van der Waals surface area contributed by atoms with Crippen molar-refractivity contribution >= 4 is 12.4 Å². The van der Waals surface area contributed by atoms with Gasteiger partial charge in [0.1, 0.15) is 0 Å². The van der Waals surface area contributed by atoms with Gasteiger partial charge in [0.25, 0.3) is 0 Å². The third kappa shape index (κ3) is 6.27. The fourth-order valence-corrected chi connectivity index (χ4v) is 1.54. The van der Waals surface area contributed by atoms with Crippen molar-refractivity contribution in [3.8, 4) is 0 Å². The second-order valence-corrected chi connectivity index (χ2v) is 3.24. The first kappa shape index (κ1) is 13.2. The van der Waals surface area contributed by atoms with Gasteiger partial charge in [0.15, 0.2) is 0 Å². The second-order valence-electron chi connectivity index (χ2n) is 3.24. The standard InChI is InChI=1S/C9H19NO2.ClH/c11-7-9-12-8-6-10-4-2-1-3-5-10;/h11H,1-9H2;1H. The van der Waals surface area contributed by atoms with E-state index in [1.54, 1.807) is 0 Å². The average molecular weight is 210 g/mol. The van der Waals surface area contributed by atoms with E-state index in [-0.39, 0.29) is 19.0 Å². The molecule has 1 N–H and O–H groups in total. The maximum absolute atomic E-state index is 8.46. The summed E-state index contributed by atoms with van der Waals surface area (Å²) >= 11 is 0. The number of aliphatic hydroxyl groups is 1. The first-order chi connectivity index (χ1) is 5.93. The molecule has 0 aromatic carbocycles. The molecule has 0 aromatic rings. The minimum absolute atomic E-state index is 0. The van der Waals surface area contributed by atoms with Gasteiger partial charge < -0.3 is 14.7 Å². The third-order valence-corrected chi connectivity index (χ3v) is 2.24. The predicted molar refractivity (Wildman–Crippen MR) is 55.4 cm³/mol. The van der Waals surface area contributed by atoms with Gasteiger partial charge in [0.2, 0.25) is 0 Å². The van der Waals surface area contributed by atoms with Crippen LogP contribution >= 0.6 is 12.4 Å². The first-order valence-electron chi connectivity index (χ1n) is 4.84. The highest BCUT2D eigenvalue weighted by Gasteiger charge is 2.08. The second kappa shape index (κ2) is 8.75. The van der Waals surface area contributed by atoms with Crippen molar-refractivity contribution in [3.63, 3.8) is 0 Å². The van der Waals surface area contributed by atoms with Crippen molar-refractivity contribution in [1.82, 2.24) is 4.90 Å². The van der Waals surface area contributed by atoms with Crippen molar-refractivity contribution in [2.45, 2.75) is 19.3 Å². The van der Waals surface area contributed by atoms with E-state index in [0.29, 0.717) is 6.61 Å². The zero-order valence-electron chi connectivity index (χ0n) is 8.07. The fraction of sp³-hybridized carbons (Fsp3) is 1.00. The third-order valence-electron chi connectivity index (χ3n) is 2.24. The summed E-state index contributed by atoms with van der Waals surface area (Å²) in [4.78, 5) is 2.43. The summed E-state index contributed by atoms with van der Waals surface area (Å²) in [6.07, 6.45) is 4.05. The molecule has 80 valence electrons. The molecular formula is C9H20ClNO2. The van der Waals surface area contributed by atoms with Crippen molar-refractivity contribution in [2.24, 2.45) is 0 Å². The van der Waals surface area contributed by atoms with E-state index in [2.05, 4.69) is 4.90 Å². The van der Waals surface area contributed by atoms with Gasteiger partial charge in [-0.1, -0.05) is 6.42 Å². The highest BCUT2D eigenvalue weighted by atomic mass is 35.5. The lowest BCUT2D eigenvalue weighted by molar-refractivity contribution is 0.0695. The van der Waals surface area contributed by atoms with Gasteiger partial charge in [-0.2, -0.15) is 0 Å². The van der Waals surface area contributed by atoms with Crippen LogP contribution in [-0.4, -0.2) is 49.5 Å². The van der Waals surface area contributed by atoms with E-state index in [0.717, 1.165) is 13.2 Å². The quantitative estimate of drug-likeness (QED) is 0.684. The Kier molecular flexibility index (Phi) is 8.87. The molecule has 0 unspecified atom stereocenters. The Bertz CT molecular complexity index is 108. The highest BCUT2D eigenvalue weighted by molar-refractivity contribution is 5.85. The van der Waals surface area contributed by atoms with Crippen LogP contribution in [0.15, 0.2) is 0 Å². The van der Waals surface area contributed by atoms with E-state index in [1.807, 2.05) is 0 Å². The maximum atomic E-state index is 8.46. The zero-order valence-corrected chi connectivity index (χ0v) is 8.89. The molecule has 4 heteroatoms. The topological polar surface area (TPSA) is 32.7 Å². The summed E-state index contributed by atoms with van der Waals surface area (Å²) in [5, 5.41) is 8.46. The van der Waals surface area contributed by atoms with Gasteiger partial charge in [0, 0.05) is 6.54 Å². The normalized spacial score (nSPS) is 18.2. The molecule has 0 bridgehead atoms. The first-order valence-corrected chi connectivity index (χ1v) is 4.84. The molecule has 0 saturated carbocycles. The minimum Gasteiger partial charge on any atom is -0.394 e. The molecule has 0 spiro atoms. The molecule has 0 radical (unpaired) electrons. The number of hydrogen-bond acceptors (Lipinski definition) is 3. The Hall–Kier alpha value is 0.170. The summed E-state index contributed by atoms with van der Waals surface area (Å²) in [5.41, 5.74) is 0. The Morgan fingerprint density at radius 3 is 2.38 bits per heavy atom. The van der Waals surface area contributed by atoms with Gasteiger partial charge in [-0.3, -0.25) is 0 Å². The van der Waals surface area contributed by atoms with Gasteiger partial charge in [-0.05, 0) is 25.9 Å². The van der Waals surface area contributed by atoms with Crippen LogP contribution in [0.4, 0.5) is 0 Å². The van der Waals surface area contributed by atoms with Crippen LogP contribution in [0.2, 0.25) is 0 Å². The lowest BCUT2D eigenvalue weighted by Gasteiger charge is -2.25. The smallest absolute Gasteiger partial charge is 0.0698 e. The molecule has 0 atom stereocenters. The highest BCUT2D eigenvalue weighted by Crippen LogP contribution is 2.07. The van der Waals surface area contributed by atoms with Crippen LogP contribution in [0.25, 0.3) is 0 Å². The number of aliphatic hydroxyl groups excluding tert-OH is 1. The molecule has 0 amide bonds. The van der Waals surface area contributed by atoms with E-state index in [1.165, 1.54) is 32.4 Å². The summed E-state index contributed by atoms with van der Waals surface area (Å²) < 4.78 is 5.19. The van der Waals surface area contributed by atoms with Crippen LogP contribution in [0.5, 0.6) is 0 Å². The van der Waals surface area contributed by atoms with Crippen LogP contribution in [0.1, 0.15) is 19.3 Å². The van der Waals surface area contributed by atoms with Gasteiger partial charge in [-0.15, -0.1) is 12.4 Å². The summed E-state index contributed by atoms with van der Waals surface area (Å²) in [6.45, 7) is 4.86. The van der Waals surface area contributed by atoms with E-state index in [4.69, 9.17) is 9.84 Å². The van der Waals surface area contributed by atoms with Crippen molar-refractivity contribution in [3.05, 3.63) is 0 Å². The summed E-state index contributed by atoms with van der Waals surface area (Å²) in [6, 6.07) is 0. The molecule has 13 heavy (non-hydrogen) atoms. The molecule has 1 saturated heterocycles. The predicted octanol–water partition coefficient (Wildman–Crippen LogP) is 0.903. The molecule has 1 fully saturated rings. The van der Waals surface area contributed by atoms with Crippen LogP contribution < -0.4 is 0 Å². The molecule has 1 aliphatic heterocycles. The summed E-state index contributed by atoms with van der Waals surface area (Å²) in [7, 11) is 0. The van der Waals surface area contributed by atoms with Gasteiger partial charge in [0.05, 0.1) is 19.8 Å². The number of nitrogens with zero attached hydrogens (tertiary/aromatic N) is 1. The van der Waals surface area contributed by atoms with Crippen molar-refractivity contribution in [1.29, 1.82) is 0 Å². The van der Waals surface area contributed by atoms with E-state index in [9.17, 15) is 0 Å². The maximum Gasteiger partial charge on any atom is 0.0698 e. The number of halogens is 1. The Balaban J connectivity index is 0.00000144. The lowest BCUT2D eigenvalue weighted by atomic mass is 10.1. The number of likely N-dealkylation sites (tertiary alicyclic amines) is 1. The molecule has 1 heterocycles. The molecular weight excluding hydrogens is 190 g/mol. The van der Waals surface area contributed by atoms with E-state index >= 15 is 0 Å². The molecule has 0 aromatic heterocycles. The van der Waals surface area contributed by atoms with Crippen molar-refractivity contribution in [2.75, 3.05) is 39.5 Å². The summed E-state index contributed by atoms with van der Waals surface area (Å²) in [5.74, 6) is 0. The van der Waals surface area contributed by atoms with Gasteiger partial charge >= 0.3 is 0 Å². The van der Waals surface area contributed by atoms with Gasteiger partial charge in [-0.25, -0.2) is 0 Å². The molecule has 1 aliphatic rings. The molecule has 1 rings (SSSR count). The number of rotatable bonds is 5. The number of hydrogen-bond donors (Lipinski definition) is 1. The minimum atomic E-state index is 0. The molecule has 0 aliphatic carbocycles. The fourth-order valence-electron chi connectivity index (χ4n) is 1.54. The lowest BCUT2D eigenvalue weighted by Crippen LogP contribution is -2.32. The van der Waals surface area contributed by atoms with Crippen molar-refractivity contribution < 1.29 is 9.84 Å². The Morgan fingerprint density at radius 2 is 1.77 bits per heavy atom. The molecule has 3 nitrogen and oxygen atoms in total. The van der Waals surface area contributed by atoms with Crippen LogP contribution in [-0.2, 0) is 4.74 Å². The Labute approximate surface area is 86.5 Å². The number of piperidine rings is 1. The monoisotopic (exact) mass is 209 g/mol. The van der Waals surface area contributed by atoms with E-state index < -0.39 is 0 Å². The largest absolute Gasteiger partial charge is 0.394 e. The van der Waals surface area contributed by atoms with Crippen LogP contribution in [0.3, 0.4) is 0 Å². The Morgan fingerprint density at radius 1 is 1.08 bits per heavy atom.